The summed E-state index contributed by atoms with van der Waals surface area (Å²) in [5.41, 5.74) is -0.619. The number of hydrogen-bond acceptors (Lipinski definition) is 4. The van der Waals surface area contributed by atoms with Gasteiger partial charge in [0, 0.05) is 7.11 Å². The molecule has 1 aliphatic heterocycles. The van der Waals surface area contributed by atoms with Crippen molar-refractivity contribution < 1.29 is 19.0 Å². The summed E-state index contributed by atoms with van der Waals surface area (Å²) in [4.78, 5) is 10.5. The Morgan fingerprint density at radius 2 is 2.08 bits per heavy atom. The Morgan fingerprint density at radius 1 is 1.46 bits per heavy atom. The quantitative estimate of drug-likeness (QED) is 0.600. The summed E-state index contributed by atoms with van der Waals surface area (Å²) >= 11 is 0. The Hall–Kier alpha value is -0.450. The third-order valence-electron chi connectivity index (χ3n) is 2.60. The molecule has 2 atom stereocenters. The topological polar surface area (TPSA) is 44.8 Å². The maximum absolute atomic E-state index is 10.5. The molecule has 4 heteroatoms. The van der Waals surface area contributed by atoms with E-state index in [1.165, 1.54) is 0 Å². The predicted molar refractivity (Wildman–Crippen MR) is 46.4 cm³/mol. The second-order valence-corrected chi connectivity index (χ2v) is 3.76. The van der Waals surface area contributed by atoms with Crippen LogP contribution in [0.1, 0.15) is 20.8 Å². The van der Waals surface area contributed by atoms with E-state index in [2.05, 4.69) is 0 Å². The maximum atomic E-state index is 10.5. The SMILES string of the molecule is COC1(C)OC[C@H](C=O)OC1(C)C. The first kappa shape index (κ1) is 10.6. The van der Waals surface area contributed by atoms with Crippen molar-refractivity contribution in [2.45, 2.75) is 38.3 Å². The third-order valence-corrected chi connectivity index (χ3v) is 2.60. The van der Waals surface area contributed by atoms with Crippen LogP contribution in [0.25, 0.3) is 0 Å². The molecule has 1 unspecified atom stereocenters. The Morgan fingerprint density at radius 3 is 2.46 bits per heavy atom. The van der Waals surface area contributed by atoms with Crippen molar-refractivity contribution in [3.63, 3.8) is 0 Å². The average molecular weight is 188 g/mol. The number of ether oxygens (including phenoxy) is 3. The summed E-state index contributed by atoms with van der Waals surface area (Å²) in [6.07, 6.45) is 0.259. The van der Waals surface area contributed by atoms with E-state index in [0.29, 0.717) is 0 Å². The first-order valence-corrected chi connectivity index (χ1v) is 4.27. The van der Waals surface area contributed by atoms with Crippen molar-refractivity contribution in [2.75, 3.05) is 13.7 Å². The first-order valence-electron chi connectivity index (χ1n) is 4.27. The van der Waals surface area contributed by atoms with E-state index in [1.807, 2.05) is 13.8 Å². The van der Waals surface area contributed by atoms with E-state index in [0.717, 1.165) is 6.29 Å². The minimum absolute atomic E-state index is 0.247. The molecule has 1 rings (SSSR count). The van der Waals surface area contributed by atoms with Crippen molar-refractivity contribution in [2.24, 2.45) is 0 Å². The highest BCUT2D eigenvalue weighted by molar-refractivity contribution is 5.56. The molecule has 0 amide bonds. The lowest BCUT2D eigenvalue weighted by Gasteiger charge is -2.47. The second kappa shape index (κ2) is 3.36. The summed E-state index contributed by atoms with van der Waals surface area (Å²) in [5, 5.41) is 0. The van der Waals surface area contributed by atoms with Crippen molar-refractivity contribution >= 4 is 6.29 Å². The van der Waals surface area contributed by atoms with Gasteiger partial charge in [0.25, 0.3) is 0 Å². The molecule has 0 radical (unpaired) electrons. The van der Waals surface area contributed by atoms with Gasteiger partial charge in [-0.25, -0.2) is 0 Å². The molecule has 0 aliphatic carbocycles. The lowest BCUT2D eigenvalue weighted by molar-refractivity contribution is -0.350. The standard InChI is InChI=1S/C9H16O4/c1-8(2)9(3,11-4)12-6-7(5-10)13-8/h5,7H,6H2,1-4H3/t7-,9?/m0/s1. The largest absolute Gasteiger partial charge is 0.357 e. The normalized spacial score (nSPS) is 38.6. The van der Waals surface area contributed by atoms with Gasteiger partial charge >= 0.3 is 0 Å². The summed E-state index contributed by atoms with van der Waals surface area (Å²) in [5.74, 6) is -0.785. The van der Waals surface area contributed by atoms with E-state index in [1.54, 1.807) is 14.0 Å². The number of carbonyl (C=O) groups excluding carboxylic acids is 1. The van der Waals surface area contributed by atoms with Crippen LogP contribution in [0.2, 0.25) is 0 Å². The molecular weight excluding hydrogens is 172 g/mol. The molecule has 0 aromatic heterocycles. The molecule has 1 fully saturated rings. The number of rotatable bonds is 2. The highest BCUT2D eigenvalue weighted by Gasteiger charge is 2.49. The van der Waals surface area contributed by atoms with Crippen LogP contribution < -0.4 is 0 Å². The Bertz CT molecular complexity index is 202. The van der Waals surface area contributed by atoms with E-state index >= 15 is 0 Å². The fourth-order valence-electron chi connectivity index (χ4n) is 1.31. The summed E-state index contributed by atoms with van der Waals surface area (Å²) in [6.45, 7) is 5.73. The van der Waals surface area contributed by atoms with Gasteiger partial charge in [-0.2, -0.15) is 0 Å². The molecule has 13 heavy (non-hydrogen) atoms. The fourth-order valence-corrected chi connectivity index (χ4v) is 1.31. The molecule has 0 saturated carbocycles. The smallest absolute Gasteiger partial charge is 0.193 e. The highest BCUT2D eigenvalue weighted by Crippen LogP contribution is 2.34. The predicted octanol–water partition coefficient (Wildman–Crippen LogP) is 0.742. The van der Waals surface area contributed by atoms with Gasteiger partial charge < -0.3 is 19.0 Å². The van der Waals surface area contributed by atoms with Crippen LogP contribution in [0, 0.1) is 0 Å². The Balaban J connectivity index is 2.78. The lowest BCUT2D eigenvalue weighted by Crippen LogP contribution is -2.60. The van der Waals surface area contributed by atoms with Gasteiger partial charge in [0.2, 0.25) is 0 Å². The van der Waals surface area contributed by atoms with E-state index in [4.69, 9.17) is 14.2 Å². The van der Waals surface area contributed by atoms with Crippen LogP contribution in [0.4, 0.5) is 0 Å². The minimum atomic E-state index is -0.785. The highest BCUT2D eigenvalue weighted by atomic mass is 16.7. The number of methoxy groups -OCH3 is 1. The Kier molecular flexibility index (Phi) is 2.75. The molecule has 1 aliphatic rings. The zero-order chi connectivity index (χ0) is 10.1. The third kappa shape index (κ3) is 1.75. The molecule has 76 valence electrons. The average Bonchev–Trinajstić information content (AvgIpc) is 2.09. The number of aldehydes is 1. The summed E-state index contributed by atoms with van der Waals surface area (Å²) in [7, 11) is 1.56. The summed E-state index contributed by atoms with van der Waals surface area (Å²) in [6, 6.07) is 0. The van der Waals surface area contributed by atoms with Crippen molar-refractivity contribution in [3.8, 4) is 0 Å². The molecule has 0 bridgehead atoms. The van der Waals surface area contributed by atoms with Gasteiger partial charge in [-0.15, -0.1) is 0 Å². The van der Waals surface area contributed by atoms with Crippen LogP contribution in [-0.4, -0.2) is 37.5 Å². The monoisotopic (exact) mass is 188 g/mol. The molecule has 0 N–H and O–H groups in total. The van der Waals surface area contributed by atoms with Crippen molar-refractivity contribution in [1.82, 2.24) is 0 Å². The molecule has 1 heterocycles. The van der Waals surface area contributed by atoms with Gasteiger partial charge in [-0.3, -0.25) is 0 Å². The van der Waals surface area contributed by atoms with Gasteiger partial charge in [-0.05, 0) is 20.8 Å². The zero-order valence-corrected chi connectivity index (χ0v) is 8.49. The minimum Gasteiger partial charge on any atom is -0.357 e. The second-order valence-electron chi connectivity index (χ2n) is 3.76. The van der Waals surface area contributed by atoms with Crippen LogP contribution >= 0.6 is 0 Å². The van der Waals surface area contributed by atoms with Crippen LogP contribution in [-0.2, 0) is 19.0 Å². The molecule has 0 aromatic rings. The van der Waals surface area contributed by atoms with Crippen molar-refractivity contribution in [1.29, 1.82) is 0 Å². The maximum Gasteiger partial charge on any atom is 0.193 e. The number of carbonyl (C=O) groups is 1. The van der Waals surface area contributed by atoms with Gasteiger partial charge in [0.1, 0.15) is 11.7 Å². The van der Waals surface area contributed by atoms with E-state index < -0.39 is 17.5 Å². The van der Waals surface area contributed by atoms with E-state index in [-0.39, 0.29) is 6.61 Å². The Labute approximate surface area is 78.2 Å². The van der Waals surface area contributed by atoms with Crippen molar-refractivity contribution in [3.05, 3.63) is 0 Å². The van der Waals surface area contributed by atoms with Gasteiger partial charge in [-0.1, -0.05) is 0 Å². The molecule has 0 spiro atoms. The zero-order valence-electron chi connectivity index (χ0n) is 8.49. The van der Waals surface area contributed by atoms with Gasteiger partial charge in [0.15, 0.2) is 12.1 Å². The lowest BCUT2D eigenvalue weighted by atomic mass is 9.97. The molecule has 1 saturated heterocycles. The summed E-state index contributed by atoms with van der Waals surface area (Å²) < 4.78 is 16.2. The van der Waals surface area contributed by atoms with Crippen LogP contribution in [0.5, 0.6) is 0 Å². The fraction of sp³-hybridized carbons (Fsp3) is 0.889. The van der Waals surface area contributed by atoms with Gasteiger partial charge in [0.05, 0.1) is 6.61 Å². The van der Waals surface area contributed by atoms with E-state index in [9.17, 15) is 4.79 Å². The van der Waals surface area contributed by atoms with Crippen LogP contribution in [0.3, 0.4) is 0 Å². The van der Waals surface area contributed by atoms with Crippen LogP contribution in [0.15, 0.2) is 0 Å². The molecule has 4 nitrogen and oxygen atoms in total. The molecule has 0 aromatic carbocycles. The first-order chi connectivity index (χ1) is 5.95. The molecular formula is C9H16O4. The number of hydrogen-bond donors (Lipinski definition) is 0.